The first-order chi connectivity index (χ1) is 11.9. The molecule has 0 saturated carbocycles. The van der Waals surface area contributed by atoms with Crippen LogP contribution in [0, 0.1) is 5.92 Å². The van der Waals surface area contributed by atoms with Crippen LogP contribution in [0.2, 0.25) is 0 Å². The highest BCUT2D eigenvalue weighted by Gasteiger charge is 2.24. The minimum atomic E-state index is -0.686. The topological polar surface area (TPSA) is 75.3 Å². The molecule has 0 fully saturated rings. The summed E-state index contributed by atoms with van der Waals surface area (Å²) < 4.78 is 0. The molecule has 2 N–H and O–H groups in total. The lowest BCUT2D eigenvalue weighted by molar-refractivity contribution is -0.118. The van der Waals surface area contributed by atoms with Crippen LogP contribution >= 0.6 is 0 Å². The Morgan fingerprint density at radius 1 is 0.880 bits per heavy atom. The predicted octanol–water partition coefficient (Wildman–Crippen LogP) is 3.28. The molecule has 0 radical (unpaired) electrons. The van der Waals surface area contributed by atoms with E-state index in [-0.39, 0.29) is 23.5 Å². The molecule has 0 aliphatic rings. The van der Waals surface area contributed by atoms with Gasteiger partial charge in [-0.3, -0.25) is 14.4 Å². The first-order valence-corrected chi connectivity index (χ1v) is 8.16. The highest BCUT2D eigenvalue weighted by molar-refractivity contribution is 6.02. The molecule has 5 heteroatoms. The normalized spacial score (nSPS) is 11.7. The van der Waals surface area contributed by atoms with Crippen molar-refractivity contribution in [2.24, 2.45) is 5.92 Å². The van der Waals surface area contributed by atoms with Crippen molar-refractivity contribution in [3.8, 4) is 0 Å². The van der Waals surface area contributed by atoms with E-state index in [1.54, 1.807) is 48.5 Å². The molecule has 0 aromatic heterocycles. The van der Waals surface area contributed by atoms with E-state index in [0.717, 1.165) is 0 Å². The Hall–Kier alpha value is -2.95. The number of nitrogens with one attached hydrogen (secondary N) is 2. The van der Waals surface area contributed by atoms with Crippen molar-refractivity contribution in [3.63, 3.8) is 0 Å². The maximum atomic E-state index is 12.6. The predicted molar refractivity (Wildman–Crippen MR) is 97.6 cm³/mol. The molecule has 0 unspecified atom stereocenters. The van der Waals surface area contributed by atoms with Crippen molar-refractivity contribution < 1.29 is 14.4 Å². The molecule has 2 amide bonds. The van der Waals surface area contributed by atoms with Gasteiger partial charge in [0.1, 0.15) is 6.04 Å². The Morgan fingerprint density at radius 3 is 2.12 bits per heavy atom. The minimum absolute atomic E-state index is 0.0751. The SMILES string of the molecule is CC(=O)c1cccc(NC(=O)[C@@H](NC(=O)c2ccccc2)C(C)C)c1. The average Bonchev–Trinajstić information content (AvgIpc) is 2.60. The molecule has 1 atom stereocenters. The number of ketones is 1. The number of benzene rings is 2. The van der Waals surface area contributed by atoms with Crippen molar-refractivity contribution >= 4 is 23.3 Å². The second kappa shape index (κ2) is 8.24. The quantitative estimate of drug-likeness (QED) is 0.794. The summed E-state index contributed by atoms with van der Waals surface area (Å²) in [6, 6.07) is 14.8. The van der Waals surface area contributed by atoms with Gasteiger partial charge in [0.15, 0.2) is 5.78 Å². The van der Waals surface area contributed by atoms with Gasteiger partial charge in [-0.1, -0.05) is 44.2 Å². The summed E-state index contributed by atoms with van der Waals surface area (Å²) in [5, 5.41) is 5.54. The maximum Gasteiger partial charge on any atom is 0.251 e. The Balaban J connectivity index is 2.11. The zero-order valence-corrected chi connectivity index (χ0v) is 14.6. The molecule has 0 spiro atoms. The largest absolute Gasteiger partial charge is 0.340 e. The van der Waals surface area contributed by atoms with E-state index >= 15 is 0 Å². The van der Waals surface area contributed by atoms with Crippen LogP contribution in [0.15, 0.2) is 54.6 Å². The van der Waals surface area contributed by atoms with E-state index in [1.165, 1.54) is 6.92 Å². The van der Waals surface area contributed by atoms with Gasteiger partial charge in [-0.05, 0) is 37.1 Å². The maximum absolute atomic E-state index is 12.6. The van der Waals surface area contributed by atoms with E-state index in [1.807, 2.05) is 19.9 Å². The van der Waals surface area contributed by atoms with Crippen LogP contribution in [0.25, 0.3) is 0 Å². The third-order valence-electron chi connectivity index (χ3n) is 3.81. The van der Waals surface area contributed by atoms with Crippen LogP contribution in [-0.2, 0) is 4.79 Å². The van der Waals surface area contributed by atoms with Crippen LogP contribution in [0.4, 0.5) is 5.69 Å². The van der Waals surface area contributed by atoms with Gasteiger partial charge < -0.3 is 10.6 Å². The fourth-order valence-electron chi connectivity index (χ4n) is 2.39. The number of carbonyl (C=O) groups is 3. The lowest BCUT2D eigenvalue weighted by atomic mass is 10.0. The molecule has 2 rings (SSSR count). The fraction of sp³-hybridized carbons (Fsp3) is 0.250. The fourth-order valence-corrected chi connectivity index (χ4v) is 2.39. The molecule has 2 aromatic rings. The molecule has 0 bridgehead atoms. The Labute approximate surface area is 147 Å². The summed E-state index contributed by atoms with van der Waals surface area (Å²) >= 11 is 0. The summed E-state index contributed by atoms with van der Waals surface area (Å²) in [4.78, 5) is 36.4. The number of Topliss-reactive ketones (excluding diaryl/α,β-unsaturated/α-hetero) is 1. The van der Waals surface area contributed by atoms with Crippen LogP contribution in [0.1, 0.15) is 41.5 Å². The monoisotopic (exact) mass is 338 g/mol. The lowest BCUT2D eigenvalue weighted by Gasteiger charge is -2.22. The zero-order chi connectivity index (χ0) is 18.4. The van der Waals surface area contributed by atoms with Crippen molar-refractivity contribution in [2.45, 2.75) is 26.8 Å². The van der Waals surface area contributed by atoms with E-state index in [4.69, 9.17) is 0 Å². The average molecular weight is 338 g/mol. The number of carbonyl (C=O) groups excluding carboxylic acids is 3. The van der Waals surface area contributed by atoms with Crippen molar-refractivity contribution in [3.05, 3.63) is 65.7 Å². The third-order valence-corrected chi connectivity index (χ3v) is 3.81. The standard InChI is InChI=1S/C20H22N2O3/c1-13(2)18(22-19(24)15-8-5-4-6-9-15)20(25)21-17-11-7-10-16(12-17)14(3)23/h4-13,18H,1-3H3,(H,21,25)(H,22,24)/t18-/m0/s1. The lowest BCUT2D eigenvalue weighted by Crippen LogP contribution is -2.47. The molecule has 0 saturated heterocycles. The molecule has 0 aliphatic carbocycles. The molecule has 25 heavy (non-hydrogen) atoms. The summed E-state index contributed by atoms with van der Waals surface area (Å²) in [5.41, 5.74) is 1.55. The Kier molecular flexibility index (Phi) is 6.06. The Bertz CT molecular complexity index is 770. The minimum Gasteiger partial charge on any atom is -0.340 e. The second-order valence-corrected chi connectivity index (χ2v) is 6.19. The first-order valence-electron chi connectivity index (χ1n) is 8.16. The van der Waals surface area contributed by atoms with Gasteiger partial charge in [-0.2, -0.15) is 0 Å². The third kappa shape index (κ3) is 5.01. The highest BCUT2D eigenvalue weighted by atomic mass is 16.2. The van der Waals surface area contributed by atoms with Crippen LogP contribution < -0.4 is 10.6 Å². The van der Waals surface area contributed by atoms with Gasteiger partial charge >= 0.3 is 0 Å². The second-order valence-electron chi connectivity index (χ2n) is 6.19. The number of amides is 2. The molecular weight excluding hydrogens is 316 g/mol. The van der Waals surface area contributed by atoms with Gasteiger partial charge in [-0.25, -0.2) is 0 Å². The molecule has 0 aliphatic heterocycles. The van der Waals surface area contributed by atoms with E-state index in [9.17, 15) is 14.4 Å². The van der Waals surface area contributed by atoms with Crippen molar-refractivity contribution in [1.82, 2.24) is 5.32 Å². The summed E-state index contributed by atoms with van der Waals surface area (Å²) in [6.45, 7) is 5.20. The highest BCUT2D eigenvalue weighted by Crippen LogP contribution is 2.13. The molecule has 5 nitrogen and oxygen atoms in total. The van der Waals surface area contributed by atoms with Gasteiger partial charge in [0, 0.05) is 16.8 Å². The summed E-state index contributed by atoms with van der Waals surface area (Å²) in [6.07, 6.45) is 0. The smallest absolute Gasteiger partial charge is 0.251 e. The van der Waals surface area contributed by atoms with Crippen molar-refractivity contribution in [2.75, 3.05) is 5.32 Å². The zero-order valence-electron chi connectivity index (χ0n) is 14.6. The summed E-state index contributed by atoms with van der Waals surface area (Å²) in [5.74, 6) is -0.788. The van der Waals surface area contributed by atoms with Gasteiger partial charge in [0.2, 0.25) is 5.91 Å². The Morgan fingerprint density at radius 2 is 1.52 bits per heavy atom. The van der Waals surface area contributed by atoms with Crippen LogP contribution in [-0.4, -0.2) is 23.6 Å². The molecule has 130 valence electrons. The van der Waals surface area contributed by atoms with Gasteiger partial charge in [0.05, 0.1) is 0 Å². The summed E-state index contributed by atoms with van der Waals surface area (Å²) in [7, 11) is 0. The molecular formula is C20H22N2O3. The van der Waals surface area contributed by atoms with Gasteiger partial charge in [0.25, 0.3) is 5.91 Å². The van der Waals surface area contributed by atoms with E-state index < -0.39 is 6.04 Å². The molecule has 0 heterocycles. The number of rotatable bonds is 6. The van der Waals surface area contributed by atoms with E-state index in [0.29, 0.717) is 16.8 Å². The number of hydrogen-bond donors (Lipinski definition) is 2. The van der Waals surface area contributed by atoms with Crippen LogP contribution in [0.5, 0.6) is 0 Å². The number of anilines is 1. The first kappa shape index (κ1) is 18.4. The van der Waals surface area contributed by atoms with Gasteiger partial charge in [-0.15, -0.1) is 0 Å². The molecule has 2 aromatic carbocycles. The number of hydrogen-bond acceptors (Lipinski definition) is 3. The van der Waals surface area contributed by atoms with Crippen LogP contribution in [0.3, 0.4) is 0 Å². The van der Waals surface area contributed by atoms with E-state index in [2.05, 4.69) is 10.6 Å². The van der Waals surface area contributed by atoms with Crippen molar-refractivity contribution in [1.29, 1.82) is 0 Å².